The van der Waals surface area contributed by atoms with Crippen LogP contribution in [0, 0.1) is 12.7 Å². The molecule has 1 atom stereocenters. The second-order valence-electron chi connectivity index (χ2n) is 5.62. The molecule has 0 aliphatic carbocycles. The fourth-order valence-corrected chi connectivity index (χ4v) is 4.56. The van der Waals surface area contributed by atoms with Crippen LogP contribution in [0.5, 0.6) is 0 Å². The zero-order valence-corrected chi connectivity index (χ0v) is 15.1. The second kappa shape index (κ2) is 7.18. The molecule has 0 saturated carbocycles. The molecule has 2 aromatic rings. The van der Waals surface area contributed by atoms with Gasteiger partial charge in [-0.3, -0.25) is 0 Å². The standard InChI is InChI=1S/C15H19FN4O2S.ClH/c1-11-4-3-5-13(14(11)16)23(21,22)20-9-6-17-10-12(20)15-18-7-8-19(15)2;/h3-5,7-8,12,17H,6,9-10H2,1-2H3;1H. The monoisotopic (exact) mass is 374 g/mol. The van der Waals surface area contributed by atoms with Gasteiger partial charge in [-0.05, 0) is 18.6 Å². The van der Waals surface area contributed by atoms with Gasteiger partial charge >= 0.3 is 0 Å². The Kier molecular flexibility index (Phi) is 5.64. The highest BCUT2D eigenvalue weighted by Crippen LogP contribution is 2.29. The highest BCUT2D eigenvalue weighted by Gasteiger charge is 2.37. The maximum Gasteiger partial charge on any atom is 0.246 e. The molecule has 1 N–H and O–H groups in total. The quantitative estimate of drug-likeness (QED) is 0.886. The Bertz CT molecular complexity index is 825. The Morgan fingerprint density at radius 1 is 1.38 bits per heavy atom. The summed E-state index contributed by atoms with van der Waals surface area (Å²) in [6.45, 7) is 2.79. The maximum atomic E-state index is 14.4. The Morgan fingerprint density at radius 3 is 2.79 bits per heavy atom. The van der Waals surface area contributed by atoms with E-state index in [-0.39, 0.29) is 23.8 Å². The van der Waals surface area contributed by atoms with Crippen LogP contribution in [0.2, 0.25) is 0 Å². The molecule has 1 aromatic heterocycles. The molecule has 0 bridgehead atoms. The molecular weight excluding hydrogens is 355 g/mol. The molecule has 6 nitrogen and oxygen atoms in total. The lowest BCUT2D eigenvalue weighted by Gasteiger charge is -2.34. The van der Waals surface area contributed by atoms with Crippen molar-refractivity contribution in [2.75, 3.05) is 19.6 Å². The van der Waals surface area contributed by atoms with E-state index in [9.17, 15) is 12.8 Å². The first-order valence-corrected chi connectivity index (χ1v) is 8.82. The minimum atomic E-state index is -3.94. The maximum absolute atomic E-state index is 14.4. The molecule has 1 fully saturated rings. The Morgan fingerprint density at radius 2 is 2.12 bits per heavy atom. The van der Waals surface area contributed by atoms with Gasteiger partial charge in [0.05, 0.1) is 6.04 Å². The highest BCUT2D eigenvalue weighted by molar-refractivity contribution is 7.89. The summed E-state index contributed by atoms with van der Waals surface area (Å²) in [5.41, 5.74) is 0.315. The third-order valence-electron chi connectivity index (χ3n) is 4.09. The Hall–Kier alpha value is -1.48. The number of benzene rings is 1. The van der Waals surface area contributed by atoms with Crippen LogP contribution in [0.15, 0.2) is 35.5 Å². The number of aryl methyl sites for hydroxylation is 2. The largest absolute Gasteiger partial charge is 0.337 e. The summed E-state index contributed by atoms with van der Waals surface area (Å²) in [7, 11) is -2.13. The fraction of sp³-hybridized carbons (Fsp3) is 0.400. The number of piperazine rings is 1. The molecule has 1 aliphatic rings. The molecule has 9 heteroatoms. The molecule has 1 aliphatic heterocycles. The van der Waals surface area contributed by atoms with Gasteiger partial charge in [0.1, 0.15) is 16.5 Å². The van der Waals surface area contributed by atoms with Gasteiger partial charge in [-0.25, -0.2) is 17.8 Å². The second-order valence-corrected chi connectivity index (χ2v) is 7.48. The van der Waals surface area contributed by atoms with E-state index in [4.69, 9.17) is 0 Å². The number of nitrogens with zero attached hydrogens (tertiary/aromatic N) is 3. The molecule has 1 saturated heterocycles. The lowest BCUT2D eigenvalue weighted by Crippen LogP contribution is -2.49. The van der Waals surface area contributed by atoms with Crippen molar-refractivity contribution in [2.45, 2.75) is 17.9 Å². The van der Waals surface area contributed by atoms with E-state index in [0.717, 1.165) is 0 Å². The van der Waals surface area contributed by atoms with E-state index in [1.807, 2.05) is 7.05 Å². The predicted molar refractivity (Wildman–Crippen MR) is 91.1 cm³/mol. The molecule has 132 valence electrons. The van der Waals surface area contributed by atoms with E-state index in [1.165, 1.54) is 10.4 Å². The normalized spacial score (nSPS) is 19.0. The number of nitrogens with one attached hydrogen (secondary N) is 1. The van der Waals surface area contributed by atoms with Crippen LogP contribution < -0.4 is 5.32 Å². The van der Waals surface area contributed by atoms with Gasteiger partial charge in [-0.2, -0.15) is 4.31 Å². The Labute approximate surface area is 147 Å². The molecule has 24 heavy (non-hydrogen) atoms. The van der Waals surface area contributed by atoms with Crippen LogP contribution >= 0.6 is 12.4 Å². The van der Waals surface area contributed by atoms with E-state index in [2.05, 4.69) is 10.3 Å². The molecule has 1 aromatic carbocycles. The summed E-state index contributed by atoms with van der Waals surface area (Å²) < 4.78 is 43.5. The first-order valence-electron chi connectivity index (χ1n) is 7.38. The number of halogens is 2. The Balaban J connectivity index is 0.00000208. The van der Waals surface area contributed by atoms with Gasteiger partial charge in [0, 0.05) is 39.1 Å². The van der Waals surface area contributed by atoms with Crippen LogP contribution in [0.3, 0.4) is 0 Å². The fourth-order valence-electron chi connectivity index (χ4n) is 2.84. The first kappa shape index (κ1) is 18.9. The van der Waals surface area contributed by atoms with Gasteiger partial charge in [0.2, 0.25) is 10.0 Å². The smallest absolute Gasteiger partial charge is 0.246 e. The summed E-state index contributed by atoms with van der Waals surface area (Å²) in [5, 5.41) is 3.18. The third kappa shape index (κ3) is 3.19. The number of sulfonamides is 1. The topological polar surface area (TPSA) is 67.2 Å². The van der Waals surface area contributed by atoms with Crippen molar-refractivity contribution < 1.29 is 12.8 Å². The van der Waals surface area contributed by atoms with Crippen molar-refractivity contribution >= 4 is 22.4 Å². The van der Waals surface area contributed by atoms with Gasteiger partial charge in [0.25, 0.3) is 0 Å². The minimum absolute atomic E-state index is 0. The zero-order chi connectivity index (χ0) is 16.6. The molecule has 2 heterocycles. The number of aromatic nitrogens is 2. The predicted octanol–water partition coefficient (Wildman–Crippen LogP) is 1.62. The summed E-state index contributed by atoms with van der Waals surface area (Å²) in [6.07, 6.45) is 3.39. The van der Waals surface area contributed by atoms with E-state index in [0.29, 0.717) is 24.5 Å². The molecule has 3 rings (SSSR count). The molecular formula is C15H20ClFN4O2S. The van der Waals surface area contributed by atoms with Gasteiger partial charge in [0.15, 0.2) is 0 Å². The van der Waals surface area contributed by atoms with Crippen molar-refractivity contribution in [1.29, 1.82) is 0 Å². The summed E-state index contributed by atoms with van der Waals surface area (Å²) in [5.74, 6) is -0.0570. The SMILES string of the molecule is Cc1cccc(S(=O)(=O)N2CCNCC2c2nccn2C)c1F.Cl. The van der Waals surface area contributed by atoms with Gasteiger partial charge in [-0.15, -0.1) is 12.4 Å². The van der Waals surface area contributed by atoms with Gasteiger partial charge in [-0.1, -0.05) is 12.1 Å². The van der Waals surface area contributed by atoms with Crippen LogP contribution in [0.25, 0.3) is 0 Å². The molecule has 0 radical (unpaired) electrons. The summed E-state index contributed by atoms with van der Waals surface area (Å²) >= 11 is 0. The van der Waals surface area contributed by atoms with Crippen LogP contribution in [0.1, 0.15) is 17.4 Å². The average molecular weight is 375 g/mol. The van der Waals surface area contributed by atoms with E-state index in [1.54, 1.807) is 36.0 Å². The lowest BCUT2D eigenvalue weighted by atomic mass is 10.2. The minimum Gasteiger partial charge on any atom is -0.337 e. The van der Waals surface area contributed by atoms with Crippen molar-refractivity contribution in [3.8, 4) is 0 Å². The molecule has 0 amide bonds. The molecule has 1 unspecified atom stereocenters. The van der Waals surface area contributed by atoms with Crippen molar-refractivity contribution in [3.63, 3.8) is 0 Å². The number of imidazole rings is 1. The van der Waals surface area contributed by atoms with Crippen LogP contribution in [0.4, 0.5) is 4.39 Å². The average Bonchev–Trinajstić information content (AvgIpc) is 2.96. The van der Waals surface area contributed by atoms with Crippen molar-refractivity contribution in [2.24, 2.45) is 7.05 Å². The van der Waals surface area contributed by atoms with Crippen molar-refractivity contribution in [3.05, 3.63) is 47.8 Å². The number of hydrogen-bond donors (Lipinski definition) is 1. The van der Waals surface area contributed by atoms with Crippen LogP contribution in [-0.4, -0.2) is 41.9 Å². The zero-order valence-electron chi connectivity index (χ0n) is 13.4. The van der Waals surface area contributed by atoms with E-state index < -0.39 is 21.9 Å². The first-order chi connectivity index (χ1) is 10.9. The third-order valence-corrected chi connectivity index (χ3v) is 6.02. The summed E-state index contributed by atoms with van der Waals surface area (Å²) in [4.78, 5) is 3.98. The molecule has 0 spiro atoms. The lowest BCUT2D eigenvalue weighted by molar-refractivity contribution is 0.257. The highest BCUT2D eigenvalue weighted by atomic mass is 35.5. The summed E-state index contributed by atoms with van der Waals surface area (Å²) in [6, 6.07) is 3.97. The van der Waals surface area contributed by atoms with E-state index >= 15 is 0 Å². The number of rotatable bonds is 3. The van der Waals surface area contributed by atoms with Crippen LogP contribution in [-0.2, 0) is 17.1 Å². The number of hydrogen-bond acceptors (Lipinski definition) is 4. The van der Waals surface area contributed by atoms with Crippen molar-refractivity contribution in [1.82, 2.24) is 19.2 Å². The van der Waals surface area contributed by atoms with Gasteiger partial charge < -0.3 is 9.88 Å².